The minimum absolute atomic E-state index is 0.0823. The van der Waals surface area contributed by atoms with Gasteiger partial charge < -0.3 is 4.74 Å². The number of nitro groups is 1. The number of benzene rings is 3. The Bertz CT molecular complexity index is 1030. The summed E-state index contributed by atoms with van der Waals surface area (Å²) in [4.78, 5) is 22.9. The van der Waals surface area contributed by atoms with Crippen molar-refractivity contribution in [2.45, 2.75) is 6.10 Å². The first kappa shape index (κ1) is 21.0. The molecule has 1 atom stereocenters. The molecule has 0 radical (unpaired) electrons. The molecule has 29 heavy (non-hydrogen) atoms. The van der Waals surface area contributed by atoms with E-state index in [-0.39, 0.29) is 11.3 Å². The van der Waals surface area contributed by atoms with Gasteiger partial charge >= 0.3 is 5.97 Å². The molecule has 0 aliphatic heterocycles. The van der Waals surface area contributed by atoms with Gasteiger partial charge in [-0.15, -0.1) is 0 Å². The smallest absolute Gasteiger partial charge is 0.339 e. The molecule has 0 heterocycles. The lowest BCUT2D eigenvalue weighted by molar-refractivity contribution is -0.384. The number of non-ortho nitro benzene ring substituents is 1. The first-order chi connectivity index (χ1) is 13.9. The van der Waals surface area contributed by atoms with E-state index in [0.29, 0.717) is 0 Å². The zero-order valence-electron chi connectivity index (χ0n) is 15.0. The van der Waals surface area contributed by atoms with Gasteiger partial charge in [-0.3, -0.25) is 10.1 Å². The molecule has 0 aliphatic carbocycles. The van der Waals surface area contributed by atoms with Crippen molar-refractivity contribution in [2.75, 3.05) is 0 Å². The first-order valence-electron chi connectivity index (χ1n) is 8.57. The maximum Gasteiger partial charge on any atom is 0.339 e. The molecular weight excluding hydrogens is 502 g/mol. The monoisotopic (exact) mass is 515 g/mol. The minimum Gasteiger partial charge on any atom is -0.450 e. The lowest BCUT2D eigenvalue weighted by atomic mass is 10.1. The molecule has 0 aromatic heterocycles. The summed E-state index contributed by atoms with van der Waals surface area (Å²) < 4.78 is 7.58. The van der Waals surface area contributed by atoms with E-state index >= 15 is 0 Å². The molecule has 0 aliphatic rings. The van der Waals surface area contributed by atoms with E-state index in [0.717, 1.165) is 20.1 Å². The molecule has 146 valence electrons. The summed E-state index contributed by atoms with van der Waals surface area (Å²) in [7, 11) is 0. The second kappa shape index (κ2) is 9.62. The summed E-state index contributed by atoms with van der Waals surface area (Å²) in [5.41, 5.74) is 1.93. The lowest BCUT2D eigenvalue weighted by Crippen LogP contribution is -2.10. The third kappa shape index (κ3) is 5.85. The van der Waals surface area contributed by atoms with Crippen LogP contribution >= 0.6 is 31.9 Å². The maximum absolute atomic E-state index is 12.6. The molecule has 3 rings (SSSR count). The normalized spacial score (nSPS) is 11.9. The Balaban J connectivity index is 1.84. The fourth-order valence-electron chi connectivity index (χ4n) is 2.55. The fraction of sp³-hybridized carbons (Fsp3) is 0.0455. The molecule has 0 fully saturated rings. The highest BCUT2D eigenvalue weighted by Crippen LogP contribution is 2.25. The number of nitro benzene ring substituents is 1. The third-order valence-corrected chi connectivity index (χ3v) is 5.14. The van der Waals surface area contributed by atoms with Gasteiger partial charge in [-0.1, -0.05) is 62.2 Å². The van der Waals surface area contributed by atoms with Crippen LogP contribution < -0.4 is 0 Å². The predicted molar refractivity (Wildman–Crippen MR) is 119 cm³/mol. The molecular formula is C22H15Br2NO4. The van der Waals surface area contributed by atoms with Gasteiger partial charge in [-0.25, -0.2) is 4.79 Å². The van der Waals surface area contributed by atoms with Gasteiger partial charge in [0.1, 0.15) is 6.10 Å². The molecule has 5 nitrogen and oxygen atoms in total. The standard InChI is InChI=1S/C22H15Br2NO4/c23-18-8-1-15(2-9-18)3-14-21(16-4-10-19(24)11-5-16)29-22(26)17-6-12-20(13-7-17)25(27)28/h1-14,21H/b14-3+. The molecule has 0 N–H and O–H groups in total. The van der Waals surface area contributed by atoms with Crippen LogP contribution in [0.5, 0.6) is 0 Å². The van der Waals surface area contributed by atoms with Crippen LogP contribution in [0.1, 0.15) is 27.6 Å². The van der Waals surface area contributed by atoms with Crippen molar-refractivity contribution < 1.29 is 14.5 Å². The Hall–Kier alpha value is -2.77. The average Bonchev–Trinajstić information content (AvgIpc) is 2.73. The van der Waals surface area contributed by atoms with Crippen molar-refractivity contribution in [1.82, 2.24) is 0 Å². The Morgan fingerprint density at radius 2 is 1.45 bits per heavy atom. The van der Waals surface area contributed by atoms with Crippen LogP contribution in [0, 0.1) is 10.1 Å². The van der Waals surface area contributed by atoms with Crippen molar-refractivity contribution in [1.29, 1.82) is 0 Å². The highest BCUT2D eigenvalue weighted by Gasteiger charge is 2.17. The molecule has 0 spiro atoms. The van der Waals surface area contributed by atoms with Crippen LogP contribution in [-0.2, 0) is 4.74 Å². The van der Waals surface area contributed by atoms with E-state index in [1.807, 2.05) is 54.6 Å². The van der Waals surface area contributed by atoms with Crippen molar-refractivity contribution >= 4 is 49.6 Å². The van der Waals surface area contributed by atoms with Crippen LogP contribution in [0.3, 0.4) is 0 Å². The van der Waals surface area contributed by atoms with Crippen LogP contribution in [0.4, 0.5) is 5.69 Å². The summed E-state index contributed by atoms with van der Waals surface area (Å²) in [5.74, 6) is -0.562. The number of halogens is 2. The summed E-state index contributed by atoms with van der Waals surface area (Å²) in [6.07, 6.45) is 3.06. The van der Waals surface area contributed by atoms with E-state index in [9.17, 15) is 14.9 Å². The van der Waals surface area contributed by atoms with E-state index < -0.39 is 17.0 Å². The van der Waals surface area contributed by atoms with E-state index in [1.54, 1.807) is 6.08 Å². The molecule has 7 heteroatoms. The number of esters is 1. The van der Waals surface area contributed by atoms with Gasteiger partial charge in [-0.05, 0) is 53.6 Å². The maximum atomic E-state index is 12.6. The highest BCUT2D eigenvalue weighted by molar-refractivity contribution is 9.10. The Labute approximate surface area is 184 Å². The quantitative estimate of drug-likeness (QED) is 0.207. The van der Waals surface area contributed by atoms with E-state index in [1.165, 1.54) is 24.3 Å². The average molecular weight is 517 g/mol. The van der Waals surface area contributed by atoms with Crippen molar-refractivity contribution in [3.63, 3.8) is 0 Å². The second-order valence-electron chi connectivity index (χ2n) is 6.09. The lowest BCUT2D eigenvalue weighted by Gasteiger charge is -2.15. The Morgan fingerprint density at radius 3 is 2.00 bits per heavy atom. The number of rotatable bonds is 6. The predicted octanol–water partition coefficient (Wildman–Crippen LogP) is 6.73. The third-order valence-electron chi connectivity index (χ3n) is 4.08. The number of hydrogen-bond acceptors (Lipinski definition) is 4. The second-order valence-corrected chi connectivity index (χ2v) is 7.92. The summed E-state index contributed by atoms with van der Waals surface area (Å²) >= 11 is 6.80. The van der Waals surface area contributed by atoms with Crippen LogP contribution in [0.25, 0.3) is 6.08 Å². The number of nitrogens with zero attached hydrogens (tertiary/aromatic N) is 1. The van der Waals surface area contributed by atoms with Crippen LogP contribution in [0.15, 0.2) is 87.8 Å². The molecule has 1 unspecified atom stereocenters. The fourth-order valence-corrected chi connectivity index (χ4v) is 3.07. The SMILES string of the molecule is O=C(OC(/C=C/c1ccc(Br)cc1)c1ccc(Br)cc1)c1ccc([N+](=O)[O-])cc1. The van der Waals surface area contributed by atoms with Gasteiger partial charge in [0.15, 0.2) is 0 Å². The van der Waals surface area contributed by atoms with Gasteiger partial charge in [0.2, 0.25) is 0 Å². The molecule has 0 saturated heterocycles. The topological polar surface area (TPSA) is 69.4 Å². The molecule has 0 bridgehead atoms. The number of carbonyl (C=O) groups excluding carboxylic acids is 1. The van der Waals surface area contributed by atoms with Crippen LogP contribution in [0.2, 0.25) is 0 Å². The molecule has 0 saturated carbocycles. The Kier molecular flexibility index (Phi) is 6.95. The summed E-state index contributed by atoms with van der Waals surface area (Å²) in [5, 5.41) is 10.8. The van der Waals surface area contributed by atoms with Crippen molar-refractivity contribution in [3.8, 4) is 0 Å². The zero-order chi connectivity index (χ0) is 20.8. The summed E-state index contributed by atoms with van der Waals surface area (Å²) in [6.45, 7) is 0. The van der Waals surface area contributed by atoms with Crippen molar-refractivity contribution in [3.05, 3.63) is 115 Å². The van der Waals surface area contributed by atoms with Gasteiger partial charge in [0.25, 0.3) is 5.69 Å². The zero-order valence-corrected chi connectivity index (χ0v) is 18.2. The highest BCUT2D eigenvalue weighted by atomic mass is 79.9. The van der Waals surface area contributed by atoms with Crippen molar-refractivity contribution in [2.24, 2.45) is 0 Å². The van der Waals surface area contributed by atoms with E-state index in [4.69, 9.17) is 4.74 Å². The number of ether oxygens (including phenoxy) is 1. The van der Waals surface area contributed by atoms with Gasteiger partial charge in [0.05, 0.1) is 10.5 Å². The largest absolute Gasteiger partial charge is 0.450 e. The molecule has 0 amide bonds. The van der Waals surface area contributed by atoms with E-state index in [2.05, 4.69) is 31.9 Å². The summed E-state index contributed by atoms with van der Waals surface area (Å²) in [6, 6.07) is 20.5. The van der Waals surface area contributed by atoms with Gasteiger partial charge in [-0.2, -0.15) is 0 Å². The molecule has 3 aromatic carbocycles. The molecule has 3 aromatic rings. The first-order valence-corrected chi connectivity index (χ1v) is 10.2. The van der Waals surface area contributed by atoms with Crippen LogP contribution in [-0.4, -0.2) is 10.9 Å². The number of hydrogen-bond donors (Lipinski definition) is 0. The van der Waals surface area contributed by atoms with Gasteiger partial charge in [0, 0.05) is 21.1 Å². The minimum atomic E-state index is -0.616. The Morgan fingerprint density at radius 1 is 0.897 bits per heavy atom. The number of carbonyl (C=O) groups is 1.